The Kier molecular flexibility index (Phi) is 5.38. The van der Waals surface area contributed by atoms with Crippen molar-refractivity contribution in [2.24, 2.45) is 7.05 Å². The van der Waals surface area contributed by atoms with Crippen LogP contribution in [0.2, 0.25) is 0 Å². The van der Waals surface area contributed by atoms with Crippen LogP contribution in [0.3, 0.4) is 0 Å². The maximum atomic E-state index is 12.5. The van der Waals surface area contributed by atoms with Crippen LogP contribution in [0, 0.1) is 0 Å². The van der Waals surface area contributed by atoms with Gasteiger partial charge in [-0.1, -0.05) is 30.3 Å². The molecule has 3 rings (SSSR count). The van der Waals surface area contributed by atoms with Crippen LogP contribution >= 0.6 is 0 Å². The maximum absolute atomic E-state index is 12.5. The van der Waals surface area contributed by atoms with Crippen LogP contribution in [0.5, 0.6) is 0 Å². The largest absolute Gasteiger partial charge is 0.356 e. The summed E-state index contributed by atoms with van der Waals surface area (Å²) in [5, 5.41) is 2.96. The molecule has 0 aliphatic carbocycles. The molecule has 1 saturated heterocycles. The van der Waals surface area contributed by atoms with Crippen LogP contribution in [-0.4, -0.2) is 52.5 Å². The van der Waals surface area contributed by atoms with Crippen LogP contribution < -0.4 is 5.32 Å². The first-order valence-corrected chi connectivity index (χ1v) is 8.61. The van der Waals surface area contributed by atoms with Crippen molar-refractivity contribution in [3.63, 3.8) is 0 Å². The van der Waals surface area contributed by atoms with Crippen molar-refractivity contribution in [2.75, 3.05) is 26.2 Å². The molecular weight excluding hydrogens is 316 g/mol. The minimum atomic E-state index is -0.0714. The van der Waals surface area contributed by atoms with E-state index in [9.17, 15) is 9.59 Å². The van der Waals surface area contributed by atoms with E-state index >= 15 is 0 Å². The predicted octanol–water partition coefficient (Wildman–Crippen LogP) is 2.08. The fourth-order valence-corrected chi connectivity index (χ4v) is 3.02. The number of carbonyl (C=O) groups excluding carboxylic acids is 2. The van der Waals surface area contributed by atoms with Gasteiger partial charge in [0.15, 0.2) is 0 Å². The second-order valence-electron chi connectivity index (χ2n) is 6.34. The molecule has 25 heavy (non-hydrogen) atoms. The number of nitrogens with one attached hydrogen (secondary N) is 1. The molecule has 0 bridgehead atoms. The van der Waals surface area contributed by atoms with Gasteiger partial charge >= 0.3 is 6.03 Å². The Balaban J connectivity index is 1.52. The summed E-state index contributed by atoms with van der Waals surface area (Å²) >= 11 is 0. The lowest BCUT2D eigenvalue weighted by Crippen LogP contribution is -2.42. The molecule has 3 amide bonds. The van der Waals surface area contributed by atoms with Crippen LogP contribution in [0.4, 0.5) is 4.79 Å². The van der Waals surface area contributed by atoms with E-state index in [4.69, 9.17) is 0 Å². The van der Waals surface area contributed by atoms with Crippen molar-refractivity contribution in [1.82, 2.24) is 19.7 Å². The van der Waals surface area contributed by atoms with E-state index in [1.165, 1.54) is 0 Å². The molecule has 2 aromatic rings. The first kappa shape index (κ1) is 17.1. The molecule has 0 atom stereocenters. The average molecular weight is 340 g/mol. The van der Waals surface area contributed by atoms with E-state index in [1.54, 1.807) is 4.90 Å². The SMILES string of the molecule is Cn1ccc(C(=O)N2CCCN(C(=O)NCc3ccccc3)CC2)c1. The number of hydrogen-bond donors (Lipinski definition) is 1. The molecule has 0 saturated carbocycles. The standard InChI is InChI=1S/C19H24N4O2/c1-21-11-8-17(15-21)18(24)22-9-5-10-23(13-12-22)19(25)20-14-16-6-3-2-4-7-16/h2-4,6-8,11,15H,5,9-10,12-14H2,1H3,(H,20,25). The predicted molar refractivity (Wildman–Crippen MR) is 96.2 cm³/mol. The molecule has 6 nitrogen and oxygen atoms in total. The lowest BCUT2D eigenvalue weighted by atomic mass is 10.2. The molecule has 1 aliphatic rings. The third-order valence-electron chi connectivity index (χ3n) is 4.44. The third-order valence-corrected chi connectivity index (χ3v) is 4.44. The van der Waals surface area contributed by atoms with Crippen LogP contribution in [0.25, 0.3) is 0 Å². The van der Waals surface area contributed by atoms with Gasteiger partial charge in [-0.25, -0.2) is 4.79 Å². The second-order valence-corrected chi connectivity index (χ2v) is 6.34. The van der Waals surface area contributed by atoms with E-state index in [0.29, 0.717) is 38.3 Å². The van der Waals surface area contributed by atoms with Gasteiger partial charge in [-0.15, -0.1) is 0 Å². The zero-order valence-electron chi connectivity index (χ0n) is 14.5. The van der Waals surface area contributed by atoms with E-state index in [2.05, 4.69) is 5.32 Å². The number of benzene rings is 1. The Morgan fingerprint density at radius 3 is 2.44 bits per heavy atom. The topological polar surface area (TPSA) is 57.6 Å². The van der Waals surface area contributed by atoms with Crippen molar-refractivity contribution in [1.29, 1.82) is 0 Å². The number of urea groups is 1. The van der Waals surface area contributed by atoms with Crippen molar-refractivity contribution in [3.05, 3.63) is 59.9 Å². The van der Waals surface area contributed by atoms with Crippen LogP contribution in [0.15, 0.2) is 48.8 Å². The van der Waals surface area contributed by atoms with Crippen LogP contribution in [-0.2, 0) is 13.6 Å². The normalized spacial score (nSPS) is 14.9. The van der Waals surface area contributed by atoms with E-state index < -0.39 is 0 Å². The summed E-state index contributed by atoms with van der Waals surface area (Å²) in [6.45, 7) is 2.98. The summed E-state index contributed by atoms with van der Waals surface area (Å²) in [6, 6.07) is 11.6. The van der Waals surface area contributed by atoms with Gasteiger partial charge in [-0.05, 0) is 18.1 Å². The fourth-order valence-electron chi connectivity index (χ4n) is 3.02. The van der Waals surface area contributed by atoms with Gasteiger partial charge in [-0.3, -0.25) is 4.79 Å². The number of aromatic nitrogens is 1. The maximum Gasteiger partial charge on any atom is 0.317 e. The first-order chi connectivity index (χ1) is 12.1. The second kappa shape index (κ2) is 7.88. The monoisotopic (exact) mass is 340 g/mol. The number of rotatable bonds is 3. The Bertz CT molecular complexity index is 726. The molecule has 0 unspecified atom stereocenters. The zero-order chi connectivity index (χ0) is 17.6. The lowest BCUT2D eigenvalue weighted by molar-refractivity contribution is 0.0762. The highest BCUT2D eigenvalue weighted by molar-refractivity contribution is 5.94. The highest BCUT2D eigenvalue weighted by atomic mass is 16.2. The molecule has 132 valence electrons. The molecule has 1 fully saturated rings. The minimum absolute atomic E-state index is 0.0344. The van der Waals surface area contributed by atoms with Gasteiger partial charge in [-0.2, -0.15) is 0 Å². The van der Waals surface area contributed by atoms with Gasteiger partial charge in [0.2, 0.25) is 0 Å². The number of carbonyl (C=O) groups is 2. The number of amides is 3. The summed E-state index contributed by atoms with van der Waals surface area (Å²) in [5.74, 6) is 0.0344. The summed E-state index contributed by atoms with van der Waals surface area (Å²) in [7, 11) is 1.90. The highest BCUT2D eigenvalue weighted by Crippen LogP contribution is 2.10. The average Bonchev–Trinajstić information content (AvgIpc) is 2.92. The summed E-state index contributed by atoms with van der Waals surface area (Å²) in [4.78, 5) is 28.6. The molecule has 6 heteroatoms. The van der Waals surface area contributed by atoms with Crippen molar-refractivity contribution >= 4 is 11.9 Å². The first-order valence-electron chi connectivity index (χ1n) is 8.61. The summed E-state index contributed by atoms with van der Waals surface area (Å²) in [5.41, 5.74) is 1.77. The Morgan fingerprint density at radius 1 is 1.00 bits per heavy atom. The van der Waals surface area contributed by atoms with Gasteiger partial charge in [0, 0.05) is 52.2 Å². The Labute approximate surface area is 148 Å². The quantitative estimate of drug-likeness (QED) is 0.930. The van der Waals surface area contributed by atoms with Gasteiger partial charge in [0.25, 0.3) is 5.91 Å². The van der Waals surface area contributed by atoms with E-state index in [-0.39, 0.29) is 11.9 Å². The van der Waals surface area contributed by atoms with Gasteiger partial charge in [0.1, 0.15) is 0 Å². The number of aryl methyl sites for hydroxylation is 1. The Morgan fingerprint density at radius 2 is 1.72 bits per heavy atom. The molecular formula is C19H24N4O2. The molecule has 2 heterocycles. The minimum Gasteiger partial charge on any atom is -0.356 e. The van der Waals surface area contributed by atoms with Crippen molar-refractivity contribution in [3.8, 4) is 0 Å². The Hall–Kier alpha value is -2.76. The number of hydrogen-bond acceptors (Lipinski definition) is 2. The molecule has 1 aliphatic heterocycles. The molecule has 1 aromatic heterocycles. The summed E-state index contributed by atoms with van der Waals surface area (Å²) < 4.78 is 1.87. The number of nitrogens with zero attached hydrogens (tertiary/aromatic N) is 3. The molecule has 1 N–H and O–H groups in total. The molecule has 0 spiro atoms. The lowest BCUT2D eigenvalue weighted by Gasteiger charge is -2.22. The van der Waals surface area contributed by atoms with Crippen LogP contribution in [0.1, 0.15) is 22.3 Å². The smallest absolute Gasteiger partial charge is 0.317 e. The molecule has 1 aromatic carbocycles. The van der Waals surface area contributed by atoms with Crippen molar-refractivity contribution < 1.29 is 9.59 Å². The van der Waals surface area contributed by atoms with Gasteiger partial charge < -0.3 is 19.7 Å². The highest BCUT2D eigenvalue weighted by Gasteiger charge is 2.23. The fraction of sp³-hybridized carbons (Fsp3) is 0.368. The van der Waals surface area contributed by atoms with Gasteiger partial charge in [0.05, 0.1) is 5.56 Å². The van der Waals surface area contributed by atoms with E-state index in [0.717, 1.165) is 12.0 Å². The summed E-state index contributed by atoms with van der Waals surface area (Å²) in [6.07, 6.45) is 4.49. The van der Waals surface area contributed by atoms with Crippen molar-refractivity contribution in [2.45, 2.75) is 13.0 Å². The zero-order valence-corrected chi connectivity index (χ0v) is 14.5. The molecule has 0 radical (unpaired) electrons. The van der Waals surface area contributed by atoms with E-state index in [1.807, 2.05) is 65.3 Å². The third kappa shape index (κ3) is 4.41.